The van der Waals surface area contributed by atoms with Crippen LogP contribution < -0.4 is 15.4 Å². The monoisotopic (exact) mass is 444 g/mol. The third-order valence-electron chi connectivity index (χ3n) is 6.99. The molecule has 2 aliphatic rings. The summed E-state index contributed by atoms with van der Waals surface area (Å²) in [5, 5.41) is 0. The number of nitrogens with zero attached hydrogens (tertiary/aromatic N) is 3. The van der Waals surface area contributed by atoms with Crippen LogP contribution in [0, 0.1) is 11.6 Å². The molecule has 0 amide bonds. The van der Waals surface area contributed by atoms with Crippen LogP contribution in [0.4, 0.5) is 20.5 Å². The molecule has 0 radical (unpaired) electrons. The Balaban J connectivity index is 1.67. The fraction of sp³-hybridized carbons (Fsp3) is 0.542. The lowest BCUT2D eigenvalue weighted by Crippen LogP contribution is -2.48. The van der Waals surface area contributed by atoms with E-state index in [1.165, 1.54) is 13.0 Å². The van der Waals surface area contributed by atoms with Crippen molar-refractivity contribution in [3.8, 4) is 0 Å². The lowest BCUT2D eigenvalue weighted by Gasteiger charge is -2.42. The Kier molecular flexibility index (Phi) is 6.05. The molecule has 1 aromatic carbocycles. The Hall–Kier alpha value is -2.77. The first-order valence-corrected chi connectivity index (χ1v) is 11.4. The van der Waals surface area contributed by atoms with E-state index in [0.717, 1.165) is 25.5 Å². The number of piperidine rings is 1. The van der Waals surface area contributed by atoms with Crippen LogP contribution >= 0.6 is 0 Å². The van der Waals surface area contributed by atoms with Gasteiger partial charge in [0.05, 0.1) is 11.0 Å². The van der Waals surface area contributed by atoms with Crippen LogP contribution in [-0.2, 0) is 23.1 Å². The number of H-pyrrole nitrogens is 1. The molecular weight excluding hydrogens is 414 g/mol. The van der Waals surface area contributed by atoms with Gasteiger partial charge in [-0.2, -0.15) is 4.98 Å². The van der Waals surface area contributed by atoms with Crippen LogP contribution in [0.15, 0.2) is 16.9 Å². The van der Waals surface area contributed by atoms with Crippen molar-refractivity contribution in [2.75, 3.05) is 36.5 Å². The molecule has 1 fully saturated rings. The molecule has 32 heavy (non-hydrogen) atoms. The average molecular weight is 445 g/mol. The molecule has 6 nitrogen and oxygen atoms in total. The smallest absolute Gasteiger partial charge is 0.257 e. The van der Waals surface area contributed by atoms with Gasteiger partial charge in [0.1, 0.15) is 23.2 Å². The van der Waals surface area contributed by atoms with Crippen molar-refractivity contribution in [3.05, 3.63) is 50.8 Å². The fourth-order valence-corrected chi connectivity index (χ4v) is 5.27. The highest BCUT2D eigenvalue weighted by Crippen LogP contribution is 2.41. The van der Waals surface area contributed by atoms with Gasteiger partial charge in [-0.05, 0) is 50.7 Å². The summed E-state index contributed by atoms with van der Waals surface area (Å²) < 4.78 is 29.0. The topological polar surface area (TPSA) is 69.3 Å². The predicted molar refractivity (Wildman–Crippen MR) is 121 cm³/mol. The second-order valence-corrected chi connectivity index (χ2v) is 9.01. The number of benzene rings is 1. The minimum atomic E-state index is -1.01. The van der Waals surface area contributed by atoms with Gasteiger partial charge in [-0.1, -0.05) is 13.3 Å². The number of carbonyl (C=O) groups excluding carboxylic acids is 1. The normalized spacial score (nSPS) is 17.9. The van der Waals surface area contributed by atoms with Gasteiger partial charge in [0.2, 0.25) is 5.95 Å². The van der Waals surface area contributed by atoms with E-state index in [0.29, 0.717) is 67.2 Å². The summed E-state index contributed by atoms with van der Waals surface area (Å²) in [7, 11) is 1.93. The van der Waals surface area contributed by atoms with Gasteiger partial charge in [0, 0.05) is 38.3 Å². The maximum Gasteiger partial charge on any atom is 0.257 e. The Morgan fingerprint density at radius 1 is 1.22 bits per heavy atom. The molecule has 0 unspecified atom stereocenters. The van der Waals surface area contributed by atoms with Crippen molar-refractivity contribution in [1.29, 1.82) is 0 Å². The Morgan fingerprint density at radius 2 is 1.94 bits per heavy atom. The van der Waals surface area contributed by atoms with E-state index in [4.69, 9.17) is 4.98 Å². The van der Waals surface area contributed by atoms with Crippen molar-refractivity contribution in [2.24, 2.45) is 0 Å². The Morgan fingerprint density at radius 3 is 2.59 bits per heavy atom. The van der Waals surface area contributed by atoms with Crippen LogP contribution in [0.5, 0.6) is 0 Å². The highest BCUT2D eigenvalue weighted by molar-refractivity contribution is 5.89. The molecule has 1 aromatic heterocycles. The van der Waals surface area contributed by atoms with Gasteiger partial charge in [0.25, 0.3) is 5.56 Å². The van der Waals surface area contributed by atoms with Crippen LogP contribution in [0.25, 0.3) is 0 Å². The first-order chi connectivity index (χ1) is 15.3. The van der Waals surface area contributed by atoms with Gasteiger partial charge in [-0.25, -0.2) is 8.78 Å². The highest BCUT2D eigenvalue weighted by Gasteiger charge is 2.44. The number of hydrogen-bond acceptors (Lipinski definition) is 5. The second-order valence-electron chi connectivity index (χ2n) is 9.01. The largest absolute Gasteiger partial charge is 0.359 e. The first-order valence-electron chi connectivity index (χ1n) is 11.4. The lowest BCUT2D eigenvalue weighted by atomic mass is 9.68. The van der Waals surface area contributed by atoms with Crippen molar-refractivity contribution < 1.29 is 13.6 Å². The molecule has 3 heterocycles. The molecule has 0 atom stereocenters. The lowest BCUT2D eigenvalue weighted by molar-refractivity contribution is -0.123. The second kappa shape index (κ2) is 8.64. The molecule has 0 spiro atoms. The molecule has 2 aliphatic heterocycles. The molecule has 0 saturated carbocycles. The van der Waals surface area contributed by atoms with Gasteiger partial charge < -0.3 is 9.80 Å². The zero-order valence-electron chi connectivity index (χ0n) is 18.9. The highest BCUT2D eigenvalue weighted by atomic mass is 19.1. The molecule has 0 aliphatic carbocycles. The molecule has 172 valence electrons. The number of halogens is 2. The van der Waals surface area contributed by atoms with Gasteiger partial charge in [-0.3, -0.25) is 14.6 Å². The van der Waals surface area contributed by atoms with E-state index in [1.807, 2.05) is 23.8 Å². The zero-order chi connectivity index (χ0) is 23.0. The number of nitrogens with one attached hydrogen (secondary N) is 1. The van der Waals surface area contributed by atoms with E-state index < -0.39 is 17.0 Å². The Bertz CT molecular complexity index is 1090. The maximum absolute atomic E-state index is 15.1. The SMILES string of the molecule is CCCc1cc(F)cc(F)c1C1(C(C)=O)CCN(c2nc3c(c(=O)[nH]2)CCCN3C)CC1. The number of aromatic amines is 1. The van der Waals surface area contributed by atoms with E-state index in [1.54, 1.807) is 0 Å². The first kappa shape index (κ1) is 22.4. The van der Waals surface area contributed by atoms with E-state index in [-0.39, 0.29) is 11.3 Å². The number of aryl methyl sites for hydroxylation is 1. The predicted octanol–water partition coefficient (Wildman–Crippen LogP) is 3.51. The van der Waals surface area contributed by atoms with E-state index in [9.17, 15) is 14.0 Å². The number of aromatic nitrogens is 2. The van der Waals surface area contributed by atoms with Crippen LogP contribution in [0.1, 0.15) is 56.2 Å². The summed E-state index contributed by atoms with van der Waals surface area (Å²) in [6.45, 7) is 5.16. The quantitative estimate of drug-likeness (QED) is 0.764. The molecular formula is C24H30F2N4O2. The average Bonchev–Trinajstić information content (AvgIpc) is 2.74. The Labute approximate surface area is 186 Å². The number of hydrogen-bond donors (Lipinski definition) is 1. The fourth-order valence-electron chi connectivity index (χ4n) is 5.27. The summed E-state index contributed by atoms with van der Waals surface area (Å²) in [5.41, 5.74) is 0.462. The standard InChI is InChI=1S/C24H30F2N4O2/c1-4-6-16-13-17(25)14-19(26)20(16)24(15(2)31)8-11-30(12-9-24)23-27-21-18(22(32)28-23)7-5-10-29(21)3/h13-14H,4-12H2,1-3H3,(H,27,28,32). The number of rotatable bonds is 5. The summed E-state index contributed by atoms with van der Waals surface area (Å²) in [6, 6.07) is 2.24. The summed E-state index contributed by atoms with van der Waals surface area (Å²) in [5.74, 6) is -0.210. The third kappa shape index (κ3) is 3.80. The summed E-state index contributed by atoms with van der Waals surface area (Å²) in [4.78, 5) is 37.1. The minimum Gasteiger partial charge on any atom is -0.359 e. The van der Waals surface area contributed by atoms with E-state index >= 15 is 4.39 Å². The number of Topliss-reactive ketones (excluding diaryl/α,β-unsaturated/α-hetero) is 1. The molecule has 1 saturated heterocycles. The molecule has 0 bridgehead atoms. The van der Waals surface area contributed by atoms with Crippen molar-refractivity contribution in [3.63, 3.8) is 0 Å². The van der Waals surface area contributed by atoms with E-state index in [2.05, 4.69) is 4.98 Å². The van der Waals surface area contributed by atoms with Crippen molar-refractivity contribution in [2.45, 2.75) is 57.8 Å². The van der Waals surface area contributed by atoms with Crippen LogP contribution in [-0.4, -0.2) is 42.4 Å². The summed E-state index contributed by atoms with van der Waals surface area (Å²) >= 11 is 0. The van der Waals surface area contributed by atoms with Crippen molar-refractivity contribution >= 4 is 17.5 Å². The minimum absolute atomic E-state index is 0.119. The number of fused-ring (bicyclic) bond motifs is 1. The zero-order valence-corrected chi connectivity index (χ0v) is 18.9. The van der Waals surface area contributed by atoms with Crippen LogP contribution in [0.2, 0.25) is 0 Å². The summed E-state index contributed by atoms with van der Waals surface area (Å²) in [6.07, 6.45) is 3.61. The molecule has 4 rings (SSSR count). The molecule has 2 aromatic rings. The third-order valence-corrected chi connectivity index (χ3v) is 6.99. The van der Waals surface area contributed by atoms with Gasteiger partial charge in [-0.15, -0.1) is 0 Å². The van der Waals surface area contributed by atoms with Gasteiger partial charge in [0.15, 0.2) is 0 Å². The van der Waals surface area contributed by atoms with Crippen molar-refractivity contribution in [1.82, 2.24) is 9.97 Å². The molecule has 1 N–H and O–H groups in total. The van der Waals surface area contributed by atoms with Crippen LogP contribution in [0.3, 0.4) is 0 Å². The molecule has 8 heteroatoms. The number of carbonyl (C=O) groups is 1. The number of ketones is 1. The maximum atomic E-state index is 15.1. The van der Waals surface area contributed by atoms with Gasteiger partial charge >= 0.3 is 0 Å². The number of anilines is 2.